The molecule has 3 rings (SSSR count). The first kappa shape index (κ1) is 11.2. The number of nitriles is 1. The molecule has 2 aromatic heterocycles. The molecular weight excluding hydrogens is 248 g/mol. The maximum absolute atomic E-state index is 8.79. The van der Waals surface area contributed by atoms with E-state index in [0.717, 1.165) is 23.8 Å². The Labute approximate surface area is 108 Å². The maximum atomic E-state index is 8.79. The largest absolute Gasteiger partial charge is 0.424 e. The highest BCUT2D eigenvalue weighted by atomic mass is 32.2. The first-order valence-corrected chi connectivity index (χ1v) is 6.65. The van der Waals surface area contributed by atoms with Crippen molar-refractivity contribution < 1.29 is 4.42 Å². The van der Waals surface area contributed by atoms with E-state index in [1.807, 2.05) is 0 Å². The van der Waals surface area contributed by atoms with E-state index in [0.29, 0.717) is 23.1 Å². The minimum Gasteiger partial charge on any atom is -0.424 e. The van der Waals surface area contributed by atoms with Gasteiger partial charge in [-0.15, -0.1) is 10.2 Å². The molecule has 2 heterocycles. The van der Waals surface area contributed by atoms with Gasteiger partial charge in [0.25, 0.3) is 0 Å². The molecule has 0 aliphatic heterocycles. The third-order valence-corrected chi connectivity index (χ3v) is 3.53. The molecule has 0 bridgehead atoms. The summed E-state index contributed by atoms with van der Waals surface area (Å²) in [5.41, 5.74) is 0.608. The number of pyridine rings is 1. The average molecular weight is 258 g/mol. The van der Waals surface area contributed by atoms with Crippen LogP contribution in [0.2, 0.25) is 0 Å². The standard InChI is InChI=1S/C12H10N4OS/c13-6-8-3-4-14-11(5-8)18-7-10-15-16-12(17-10)9-1-2-9/h3-5,9H,1-2,7H2. The van der Waals surface area contributed by atoms with Crippen molar-refractivity contribution in [2.45, 2.75) is 29.5 Å². The van der Waals surface area contributed by atoms with E-state index in [9.17, 15) is 0 Å². The molecule has 1 aliphatic carbocycles. The number of rotatable bonds is 4. The molecule has 90 valence electrons. The Balaban J connectivity index is 1.64. The fourth-order valence-corrected chi connectivity index (χ4v) is 2.25. The van der Waals surface area contributed by atoms with Gasteiger partial charge in [0.1, 0.15) is 0 Å². The molecular formula is C12H10N4OS. The molecule has 1 fully saturated rings. The zero-order chi connectivity index (χ0) is 12.4. The van der Waals surface area contributed by atoms with Crippen LogP contribution in [0.5, 0.6) is 0 Å². The van der Waals surface area contributed by atoms with Crippen molar-refractivity contribution in [3.05, 3.63) is 35.7 Å². The van der Waals surface area contributed by atoms with Crippen LogP contribution in [-0.4, -0.2) is 15.2 Å². The Morgan fingerprint density at radius 1 is 1.44 bits per heavy atom. The summed E-state index contributed by atoms with van der Waals surface area (Å²) >= 11 is 1.49. The molecule has 0 N–H and O–H groups in total. The van der Waals surface area contributed by atoms with Crippen molar-refractivity contribution in [3.63, 3.8) is 0 Å². The van der Waals surface area contributed by atoms with Crippen molar-refractivity contribution in [1.29, 1.82) is 5.26 Å². The van der Waals surface area contributed by atoms with Crippen LogP contribution in [0.4, 0.5) is 0 Å². The van der Waals surface area contributed by atoms with Crippen molar-refractivity contribution >= 4 is 11.8 Å². The first-order valence-electron chi connectivity index (χ1n) is 5.66. The molecule has 2 aromatic rings. The van der Waals surface area contributed by atoms with Crippen molar-refractivity contribution in [2.24, 2.45) is 0 Å². The highest BCUT2D eigenvalue weighted by molar-refractivity contribution is 7.98. The Morgan fingerprint density at radius 3 is 3.11 bits per heavy atom. The zero-order valence-corrected chi connectivity index (χ0v) is 10.4. The van der Waals surface area contributed by atoms with E-state index in [1.54, 1.807) is 18.3 Å². The fraction of sp³-hybridized carbons (Fsp3) is 0.333. The van der Waals surface area contributed by atoms with Crippen molar-refractivity contribution in [1.82, 2.24) is 15.2 Å². The first-order chi connectivity index (χ1) is 8.85. The van der Waals surface area contributed by atoms with Gasteiger partial charge in [0.05, 0.1) is 22.4 Å². The molecule has 5 nitrogen and oxygen atoms in total. The van der Waals surface area contributed by atoms with Gasteiger partial charge in [-0.2, -0.15) is 5.26 Å². The number of nitrogens with zero attached hydrogens (tertiary/aromatic N) is 4. The van der Waals surface area contributed by atoms with Crippen LogP contribution in [0, 0.1) is 11.3 Å². The van der Waals surface area contributed by atoms with Gasteiger partial charge in [0.15, 0.2) is 0 Å². The van der Waals surface area contributed by atoms with E-state index < -0.39 is 0 Å². The Bertz CT molecular complexity index is 600. The van der Waals surface area contributed by atoms with Gasteiger partial charge in [0.2, 0.25) is 11.8 Å². The second-order valence-corrected chi connectivity index (χ2v) is 5.09. The SMILES string of the molecule is N#Cc1ccnc(SCc2nnc(C3CC3)o2)c1. The molecule has 0 unspecified atom stereocenters. The van der Waals surface area contributed by atoms with E-state index in [2.05, 4.69) is 21.3 Å². The normalized spacial score (nSPS) is 14.4. The number of hydrogen-bond donors (Lipinski definition) is 0. The molecule has 0 amide bonds. The second kappa shape index (κ2) is 4.78. The molecule has 0 spiro atoms. The molecule has 0 aromatic carbocycles. The monoisotopic (exact) mass is 258 g/mol. The van der Waals surface area contributed by atoms with E-state index in [1.165, 1.54) is 11.8 Å². The predicted octanol–water partition coefficient (Wildman–Crippen LogP) is 2.51. The summed E-state index contributed by atoms with van der Waals surface area (Å²) in [6.45, 7) is 0. The topological polar surface area (TPSA) is 75.6 Å². The fourth-order valence-electron chi connectivity index (χ4n) is 1.51. The minimum absolute atomic E-state index is 0.483. The summed E-state index contributed by atoms with van der Waals surface area (Å²) in [7, 11) is 0. The Morgan fingerprint density at radius 2 is 2.33 bits per heavy atom. The number of thioether (sulfide) groups is 1. The molecule has 0 radical (unpaired) electrons. The third-order valence-electron chi connectivity index (χ3n) is 2.62. The lowest BCUT2D eigenvalue weighted by Crippen LogP contribution is -1.84. The summed E-state index contributed by atoms with van der Waals surface area (Å²) in [4.78, 5) is 4.18. The van der Waals surface area contributed by atoms with Crippen LogP contribution in [0.25, 0.3) is 0 Å². The van der Waals surface area contributed by atoms with Gasteiger partial charge in [-0.25, -0.2) is 4.98 Å². The van der Waals surface area contributed by atoms with Crippen LogP contribution in [-0.2, 0) is 5.75 Å². The maximum Gasteiger partial charge on any atom is 0.226 e. The smallest absolute Gasteiger partial charge is 0.226 e. The van der Waals surface area contributed by atoms with Crippen LogP contribution in [0.15, 0.2) is 27.8 Å². The van der Waals surface area contributed by atoms with E-state index in [4.69, 9.17) is 9.68 Å². The summed E-state index contributed by atoms with van der Waals surface area (Å²) in [5, 5.41) is 17.6. The van der Waals surface area contributed by atoms with Crippen molar-refractivity contribution in [2.75, 3.05) is 0 Å². The highest BCUT2D eigenvalue weighted by Crippen LogP contribution is 2.39. The molecule has 6 heteroatoms. The quantitative estimate of drug-likeness (QED) is 0.784. The minimum atomic E-state index is 0.483. The summed E-state index contributed by atoms with van der Waals surface area (Å²) in [6, 6.07) is 5.52. The van der Waals surface area contributed by atoms with Gasteiger partial charge in [-0.05, 0) is 25.0 Å². The lowest BCUT2D eigenvalue weighted by atomic mass is 10.3. The molecule has 1 saturated carbocycles. The van der Waals surface area contributed by atoms with Crippen LogP contribution in [0.3, 0.4) is 0 Å². The predicted molar refractivity (Wildman–Crippen MR) is 64.8 cm³/mol. The molecule has 0 atom stereocenters. The van der Waals surface area contributed by atoms with Gasteiger partial charge >= 0.3 is 0 Å². The van der Waals surface area contributed by atoms with Crippen LogP contribution in [0.1, 0.15) is 36.1 Å². The molecule has 1 aliphatic rings. The van der Waals surface area contributed by atoms with E-state index in [-0.39, 0.29) is 0 Å². The van der Waals surface area contributed by atoms with Gasteiger partial charge in [-0.3, -0.25) is 0 Å². The zero-order valence-electron chi connectivity index (χ0n) is 9.54. The number of aromatic nitrogens is 3. The highest BCUT2D eigenvalue weighted by Gasteiger charge is 2.29. The molecule has 18 heavy (non-hydrogen) atoms. The number of hydrogen-bond acceptors (Lipinski definition) is 6. The Kier molecular flexibility index (Phi) is 2.99. The van der Waals surface area contributed by atoms with E-state index >= 15 is 0 Å². The average Bonchev–Trinajstić information content (AvgIpc) is 3.16. The summed E-state index contributed by atoms with van der Waals surface area (Å²) in [6.07, 6.45) is 3.94. The van der Waals surface area contributed by atoms with Crippen LogP contribution >= 0.6 is 11.8 Å². The van der Waals surface area contributed by atoms with Gasteiger partial charge in [0, 0.05) is 12.1 Å². The van der Waals surface area contributed by atoms with Gasteiger partial charge < -0.3 is 4.42 Å². The molecule has 0 saturated heterocycles. The lowest BCUT2D eigenvalue weighted by molar-refractivity contribution is 0.466. The van der Waals surface area contributed by atoms with Crippen molar-refractivity contribution in [3.8, 4) is 6.07 Å². The lowest BCUT2D eigenvalue weighted by Gasteiger charge is -1.97. The Hall–Kier alpha value is -1.87. The van der Waals surface area contributed by atoms with Gasteiger partial charge in [-0.1, -0.05) is 11.8 Å². The summed E-state index contributed by atoms with van der Waals surface area (Å²) in [5.74, 6) is 2.44. The summed E-state index contributed by atoms with van der Waals surface area (Å²) < 4.78 is 5.55. The second-order valence-electron chi connectivity index (χ2n) is 4.09. The van der Waals surface area contributed by atoms with Crippen LogP contribution < -0.4 is 0 Å². The third kappa shape index (κ3) is 2.51.